The summed E-state index contributed by atoms with van der Waals surface area (Å²) in [5.41, 5.74) is 0.966. The number of aromatic amines is 2. The Labute approximate surface area is 176 Å². The maximum absolute atomic E-state index is 14.3. The van der Waals surface area contributed by atoms with Crippen LogP contribution < -0.4 is 21.7 Å². The first-order valence-corrected chi connectivity index (χ1v) is 9.93. The molecule has 0 saturated heterocycles. The van der Waals surface area contributed by atoms with Gasteiger partial charge < -0.3 is 15.4 Å². The van der Waals surface area contributed by atoms with Gasteiger partial charge in [0.1, 0.15) is 17.3 Å². The van der Waals surface area contributed by atoms with E-state index in [9.17, 15) is 14.3 Å². The van der Waals surface area contributed by atoms with E-state index in [1.807, 2.05) is 0 Å². The highest BCUT2D eigenvalue weighted by molar-refractivity contribution is 9.10. The van der Waals surface area contributed by atoms with E-state index in [0.29, 0.717) is 26.6 Å². The molecule has 152 valence electrons. The Bertz CT molecular complexity index is 1450. The maximum Gasteiger partial charge on any atom is 0.326 e. The number of benzene rings is 1. The fraction of sp³-hybridized carbons (Fsp3) is 0.158. The molecule has 1 saturated carbocycles. The second-order valence-electron chi connectivity index (χ2n) is 6.93. The van der Waals surface area contributed by atoms with Gasteiger partial charge in [0.2, 0.25) is 5.88 Å². The van der Waals surface area contributed by atoms with Crippen LogP contribution in [-0.2, 0) is 0 Å². The lowest BCUT2D eigenvalue weighted by molar-refractivity contribution is 0.454. The number of nitrogens with one attached hydrogen (secondary N) is 3. The molecule has 3 aromatic heterocycles. The Morgan fingerprint density at radius 3 is 2.87 bits per heavy atom. The largest absolute Gasteiger partial charge is 0.493 e. The van der Waals surface area contributed by atoms with Crippen molar-refractivity contribution >= 4 is 39.2 Å². The first kappa shape index (κ1) is 18.6. The van der Waals surface area contributed by atoms with E-state index in [2.05, 4.69) is 46.3 Å². The SMILES string of the molecule is O=c1[nH]c(O)c(/C=c2\cnn3c(=NC4CC4)cc(Nc4ccc(Br)cc4F)nc23)[nH]1. The van der Waals surface area contributed by atoms with Crippen LogP contribution in [0.25, 0.3) is 11.7 Å². The van der Waals surface area contributed by atoms with E-state index in [0.717, 1.165) is 12.8 Å². The number of imidazole rings is 1. The average molecular weight is 472 g/mol. The van der Waals surface area contributed by atoms with E-state index in [1.165, 1.54) is 6.07 Å². The molecule has 9 nitrogen and oxygen atoms in total. The molecule has 0 unspecified atom stereocenters. The zero-order valence-electron chi connectivity index (χ0n) is 15.4. The summed E-state index contributed by atoms with van der Waals surface area (Å²) in [6.45, 7) is 0. The molecule has 4 N–H and O–H groups in total. The fourth-order valence-corrected chi connectivity index (χ4v) is 3.32. The van der Waals surface area contributed by atoms with Crippen molar-refractivity contribution in [1.82, 2.24) is 24.6 Å². The summed E-state index contributed by atoms with van der Waals surface area (Å²) < 4.78 is 16.5. The second kappa shape index (κ2) is 7.10. The van der Waals surface area contributed by atoms with Crippen molar-refractivity contribution in [2.24, 2.45) is 4.99 Å². The summed E-state index contributed by atoms with van der Waals surface area (Å²) in [5, 5.41) is 17.7. The summed E-state index contributed by atoms with van der Waals surface area (Å²) >= 11 is 3.24. The van der Waals surface area contributed by atoms with Crippen LogP contribution in [0.3, 0.4) is 0 Å². The number of H-pyrrole nitrogens is 2. The zero-order chi connectivity index (χ0) is 20.8. The van der Waals surface area contributed by atoms with Crippen LogP contribution in [-0.4, -0.2) is 35.7 Å². The van der Waals surface area contributed by atoms with Crippen LogP contribution in [0, 0.1) is 5.82 Å². The van der Waals surface area contributed by atoms with Crippen molar-refractivity contribution in [2.45, 2.75) is 18.9 Å². The van der Waals surface area contributed by atoms with Gasteiger partial charge in [0.25, 0.3) is 0 Å². The summed E-state index contributed by atoms with van der Waals surface area (Å²) in [7, 11) is 0. The molecule has 3 heterocycles. The Balaban J connectivity index is 1.68. The smallest absolute Gasteiger partial charge is 0.326 e. The van der Waals surface area contributed by atoms with Crippen molar-refractivity contribution in [3.8, 4) is 5.88 Å². The van der Waals surface area contributed by atoms with Crippen LogP contribution in [0.2, 0.25) is 0 Å². The van der Waals surface area contributed by atoms with E-state index in [1.54, 1.807) is 35.0 Å². The summed E-state index contributed by atoms with van der Waals surface area (Å²) in [6, 6.07) is 6.63. The van der Waals surface area contributed by atoms with E-state index < -0.39 is 11.5 Å². The molecule has 30 heavy (non-hydrogen) atoms. The van der Waals surface area contributed by atoms with Gasteiger partial charge in [-0.25, -0.2) is 14.2 Å². The number of rotatable bonds is 4. The van der Waals surface area contributed by atoms with Crippen molar-refractivity contribution in [3.05, 3.63) is 67.6 Å². The lowest BCUT2D eigenvalue weighted by Gasteiger charge is -2.08. The van der Waals surface area contributed by atoms with Gasteiger partial charge in [0.05, 0.1) is 17.9 Å². The normalized spacial score (nSPS) is 15.3. The van der Waals surface area contributed by atoms with E-state index in [4.69, 9.17) is 0 Å². The number of halogens is 2. The van der Waals surface area contributed by atoms with Gasteiger partial charge >= 0.3 is 5.69 Å². The van der Waals surface area contributed by atoms with Crippen molar-refractivity contribution < 1.29 is 9.50 Å². The molecule has 0 amide bonds. The Morgan fingerprint density at radius 1 is 1.33 bits per heavy atom. The Kier molecular flexibility index (Phi) is 4.39. The number of hydrogen-bond acceptors (Lipinski definition) is 6. The van der Waals surface area contributed by atoms with Gasteiger partial charge in [-0.15, -0.1) is 0 Å². The fourth-order valence-electron chi connectivity index (χ4n) is 2.99. The standard InChI is InChI=1S/C19H15BrFN7O2/c20-10-1-4-13(12(21)6-10)24-15-7-16(23-11-2-3-11)28-17(26-15)9(8-22-28)5-14-18(29)27-19(30)25-14/h1,4-8,11,24,29H,2-3H2,(H2,25,27,30)/b9-5+,23-16?. The molecule has 0 radical (unpaired) electrons. The number of aromatic hydroxyl groups is 1. The molecule has 1 aliphatic rings. The van der Waals surface area contributed by atoms with Gasteiger partial charge in [-0.2, -0.15) is 9.61 Å². The molecule has 0 aliphatic heterocycles. The van der Waals surface area contributed by atoms with Gasteiger partial charge in [0.15, 0.2) is 11.1 Å². The third-order valence-electron chi connectivity index (χ3n) is 4.57. The first-order valence-electron chi connectivity index (χ1n) is 9.14. The monoisotopic (exact) mass is 471 g/mol. The quantitative estimate of drug-likeness (QED) is 0.360. The Hall–Kier alpha value is -3.47. The highest BCUT2D eigenvalue weighted by Crippen LogP contribution is 2.24. The number of aromatic nitrogens is 5. The lowest BCUT2D eigenvalue weighted by Crippen LogP contribution is -2.20. The van der Waals surface area contributed by atoms with Gasteiger partial charge in [0, 0.05) is 15.8 Å². The number of nitrogens with zero attached hydrogens (tertiary/aromatic N) is 4. The maximum atomic E-state index is 14.3. The highest BCUT2D eigenvalue weighted by atomic mass is 79.9. The molecule has 0 atom stereocenters. The molecule has 0 spiro atoms. The van der Waals surface area contributed by atoms with Crippen LogP contribution in [0.4, 0.5) is 15.9 Å². The van der Waals surface area contributed by atoms with Gasteiger partial charge in [-0.05, 0) is 37.1 Å². The second-order valence-corrected chi connectivity index (χ2v) is 7.85. The van der Waals surface area contributed by atoms with Crippen LogP contribution in [0.5, 0.6) is 5.88 Å². The number of hydrogen-bond donors (Lipinski definition) is 4. The molecule has 1 aromatic carbocycles. The third-order valence-corrected chi connectivity index (χ3v) is 5.06. The van der Waals surface area contributed by atoms with Gasteiger partial charge in [-0.3, -0.25) is 9.98 Å². The molecule has 5 rings (SSSR count). The van der Waals surface area contributed by atoms with Gasteiger partial charge in [-0.1, -0.05) is 15.9 Å². The molecule has 11 heteroatoms. The molecule has 1 fully saturated rings. The van der Waals surface area contributed by atoms with Crippen molar-refractivity contribution in [3.63, 3.8) is 0 Å². The van der Waals surface area contributed by atoms with Crippen LogP contribution >= 0.6 is 15.9 Å². The molecule has 4 aromatic rings. The third kappa shape index (κ3) is 3.59. The predicted octanol–water partition coefficient (Wildman–Crippen LogP) is 1.71. The van der Waals surface area contributed by atoms with Crippen LogP contribution in [0.15, 0.2) is 44.7 Å². The van der Waals surface area contributed by atoms with Crippen molar-refractivity contribution in [2.75, 3.05) is 5.32 Å². The molecular formula is C19H15BrFN7O2. The molecule has 0 bridgehead atoms. The summed E-state index contributed by atoms with van der Waals surface area (Å²) in [4.78, 5) is 25.4. The minimum absolute atomic E-state index is 0.203. The zero-order valence-corrected chi connectivity index (χ0v) is 16.9. The van der Waals surface area contributed by atoms with E-state index in [-0.39, 0.29) is 23.3 Å². The molecular weight excluding hydrogens is 457 g/mol. The van der Waals surface area contributed by atoms with Crippen LogP contribution in [0.1, 0.15) is 18.5 Å². The summed E-state index contributed by atoms with van der Waals surface area (Å²) in [5.74, 6) is -0.319. The number of anilines is 2. The Morgan fingerprint density at radius 2 is 2.17 bits per heavy atom. The minimum atomic E-state index is -0.527. The van der Waals surface area contributed by atoms with Crippen molar-refractivity contribution in [1.29, 1.82) is 0 Å². The highest BCUT2D eigenvalue weighted by Gasteiger charge is 2.20. The predicted molar refractivity (Wildman–Crippen MR) is 111 cm³/mol. The summed E-state index contributed by atoms with van der Waals surface area (Å²) in [6.07, 6.45) is 5.12. The molecule has 1 aliphatic carbocycles. The lowest BCUT2D eigenvalue weighted by atomic mass is 10.3. The minimum Gasteiger partial charge on any atom is -0.493 e. The number of fused-ring (bicyclic) bond motifs is 1. The van der Waals surface area contributed by atoms with E-state index >= 15 is 0 Å². The average Bonchev–Trinajstić information content (AvgIpc) is 3.33. The topological polar surface area (TPSA) is 123 Å². The first-order chi connectivity index (χ1) is 14.5.